The Kier molecular flexibility index (Phi) is 7.71. The largest absolute Gasteiger partial charge is 0.512 e. The van der Waals surface area contributed by atoms with Crippen molar-refractivity contribution < 1.29 is 30.0 Å². The molecule has 3 heterocycles. The van der Waals surface area contributed by atoms with E-state index in [2.05, 4.69) is 104 Å². The van der Waals surface area contributed by atoms with Crippen LogP contribution in [0.25, 0.3) is 11.3 Å². The van der Waals surface area contributed by atoms with Gasteiger partial charge in [-0.25, -0.2) is 0 Å². The third kappa shape index (κ3) is 4.86. The number of nitrogens with zero attached hydrogens (tertiary/aromatic N) is 2. The van der Waals surface area contributed by atoms with Crippen LogP contribution in [0.2, 0.25) is 0 Å². The molecule has 0 unspecified atom stereocenters. The number of pyridine rings is 1. The molecule has 6 rings (SSSR count). The molecule has 4 aromatic rings. The molecule has 0 amide bonds. The molecule has 201 valence electrons. The Labute approximate surface area is 244 Å². The zero-order chi connectivity index (χ0) is 27.2. The van der Waals surface area contributed by atoms with Crippen molar-refractivity contribution in [2.45, 2.75) is 52.4 Å². The number of anilines is 3. The predicted octanol–water partition coefficient (Wildman–Crippen LogP) is 8.33. The van der Waals surface area contributed by atoms with Gasteiger partial charge in [-0.2, -0.15) is 0 Å². The number of carbonyl (C=O) groups is 1. The molecule has 0 fully saturated rings. The molecule has 0 spiro atoms. The van der Waals surface area contributed by atoms with Gasteiger partial charge in [-0.15, -0.1) is 17.7 Å². The summed E-state index contributed by atoms with van der Waals surface area (Å²) < 4.78 is 0. The first-order valence-electron chi connectivity index (χ1n) is 12.9. The van der Waals surface area contributed by atoms with Crippen LogP contribution in [0.15, 0.2) is 90.8 Å². The number of ketones is 1. The monoisotopic (exact) mass is 694 g/mol. The zero-order valence-corrected chi connectivity index (χ0v) is 25.6. The standard InChI is InChI=1S/C29H25N2.C5H8O2.Ir/c1-28(2)20-11-5-7-14-25(20)31-26-15-8-6-12-21(26)29(3,4)23-18-19(17-22(28)27(23)31)24-13-9-10-16-30-24;1-4(6)3-5(2)7;/h5-17H,1-4H3;3,6H,1-2H3;/q-1;;/b;4-3-;. The van der Waals surface area contributed by atoms with Crippen LogP contribution in [-0.2, 0) is 35.7 Å². The van der Waals surface area contributed by atoms with Gasteiger partial charge in [-0.1, -0.05) is 87.4 Å². The van der Waals surface area contributed by atoms with Crippen molar-refractivity contribution in [1.82, 2.24) is 4.98 Å². The van der Waals surface area contributed by atoms with Crippen LogP contribution >= 0.6 is 0 Å². The van der Waals surface area contributed by atoms with Gasteiger partial charge in [0.05, 0.1) is 5.76 Å². The number of rotatable bonds is 2. The first-order chi connectivity index (χ1) is 18.0. The van der Waals surface area contributed by atoms with Crippen molar-refractivity contribution in [2.75, 3.05) is 4.90 Å². The summed E-state index contributed by atoms with van der Waals surface area (Å²) in [7, 11) is 0. The van der Waals surface area contributed by atoms with E-state index < -0.39 is 0 Å². The number of allylic oxidation sites excluding steroid dienone is 2. The van der Waals surface area contributed by atoms with E-state index in [1.54, 1.807) is 0 Å². The molecule has 39 heavy (non-hydrogen) atoms. The number of hydrogen-bond acceptors (Lipinski definition) is 4. The minimum absolute atomic E-state index is 0. The maximum absolute atomic E-state index is 10.0. The van der Waals surface area contributed by atoms with Crippen LogP contribution in [0.1, 0.15) is 63.8 Å². The van der Waals surface area contributed by atoms with Crippen LogP contribution in [0.4, 0.5) is 17.1 Å². The average Bonchev–Trinajstić information content (AvgIpc) is 2.88. The second-order valence-electron chi connectivity index (χ2n) is 11.1. The van der Waals surface area contributed by atoms with Gasteiger partial charge in [-0.3, -0.25) is 4.79 Å². The van der Waals surface area contributed by atoms with Crippen molar-refractivity contribution in [3.05, 3.63) is 119 Å². The van der Waals surface area contributed by atoms with Crippen LogP contribution in [0.5, 0.6) is 0 Å². The van der Waals surface area contributed by atoms with Crippen LogP contribution in [0.3, 0.4) is 0 Å². The number of benzene rings is 3. The molecule has 0 saturated carbocycles. The van der Waals surface area contributed by atoms with Gasteiger partial charge >= 0.3 is 0 Å². The quantitative estimate of drug-likeness (QED) is 0.130. The molecule has 4 nitrogen and oxygen atoms in total. The van der Waals surface area contributed by atoms with Crippen molar-refractivity contribution >= 4 is 22.8 Å². The summed E-state index contributed by atoms with van der Waals surface area (Å²) in [5, 5.41) is 8.36. The predicted molar refractivity (Wildman–Crippen MR) is 155 cm³/mol. The SMILES string of the molecule is CC(=O)/C=C(/C)O.CC1(C)c2[c-]c(-c3ccccn3)cc3c2N(c2ccccc21)c1ccccc1C3(C)C.[Ir]. The number of aromatic nitrogens is 1. The molecule has 0 aliphatic carbocycles. The first kappa shape index (κ1) is 28.5. The second kappa shape index (κ2) is 10.6. The summed E-state index contributed by atoms with van der Waals surface area (Å²) in [5.74, 6) is -0.0625. The summed E-state index contributed by atoms with van der Waals surface area (Å²) in [5.41, 5.74) is 10.8. The number of hydrogen-bond donors (Lipinski definition) is 1. The van der Waals surface area contributed by atoms with E-state index in [1.807, 2.05) is 18.3 Å². The Balaban J connectivity index is 0.000000394. The smallest absolute Gasteiger partial charge is 0.155 e. The van der Waals surface area contributed by atoms with E-state index >= 15 is 0 Å². The molecule has 0 bridgehead atoms. The number of para-hydroxylation sites is 2. The van der Waals surface area contributed by atoms with Crippen LogP contribution < -0.4 is 4.90 Å². The zero-order valence-electron chi connectivity index (χ0n) is 23.2. The molecule has 0 saturated heterocycles. The van der Waals surface area contributed by atoms with Crippen molar-refractivity contribution in [2.24, 2.45) is 0 Å². The van der Waals surface area contributed by atoms with E-state index in [-0.39, 0.29) is 42.5 Å². The van der Waals surface area contributed by atoms with Gasteiger partial charge < -0.3 is 15.0 Å². The molecular weight excluding hydrogens is 661 g/mol. The fourth-order valence-corrected chi connectivity index (χ4v) is 5.74. The minimum Gasteiger partial charge on any atom is -0.512 e. The molecule has 0 atom stereocenters. The van der Waals surface area contributed by atoms with E-state index in [0.29, 0.717) is 0 Å². The normalized spacial score (nSPS) is 15.4. The van der Waals surface area contributed by atoms with E-state index in [1.165, 1.54) is 59.2 Å². The number of fused-ring (bicyclic) bond motifs is 4. The minimum atomic E-state index is -0.162. The summed E-state index contributed by atoms with van der Waals surface area (Å²) in [6.45, 7) is 12.2. The molecule has 1 aromatic heterocycles. The van der Waals surface area contributed by atoms with Crippen LogP contribution in [0, 0.1) is 6.07 Å². The fourth-order valence-electron chi connectivity index (χ4n) is 5.74. The Bertz CT molecular complexity index is 1490. The summed E-state index contributed by atoms with van der Waals surface area (Å²) in [6.07, 6.45) is 3.03. The third-order valence-electron chi connectivity index (χ3n) is 7.55. The topological polar surface area (TPSA) is 53.4 Å². The Morgan fingerprint density at radius 3 is 1.92 bits per heavy atom. The van der Waals surface area contributed by atoms with Crippen molar-refractivity contribution in [3.8, 4) is 11.3 Å². The Hall–Kier alpha value is -3.53. The summed E-state index contributed by atoms with van der Waals surface area (Å²) in [6, 6.07) is 29.9. The average molecular weight is 694 g/mol. The van der Waals surface area contributed by atoms with Crippen molar-refractivity contribution in [3.63, 3.8) is 0 Å². The van der Waals surface area contributed by atoms with Gasteiger partial charge in [-0.05, 0) is 54.6 Å². The van der Waals surface area contributed by atoms with Gasteiger partial charge in [0.2, 0.25) is 0 Å². The van der Waals surface area contributed by atoms with Crippen molar-refractivity contribution in [1.29, 1.82) is 0 Å². The molecule has 2 aliphatic heterocycles. The van der Waals surface area contributed by atoms with Gasteiger partial charge in [0.25, 0.3) is 0 Å². The van der Waals surface area contributed by atoms with E-state index in [0.717, 1.165) is 11.3 Å². The molecule has 5 heteroatoms. The maximum Gasteiger partial charge on any atom is 0.155 e. The summed E-state index contributed by atoms with van der Waals surface area (Å²) >= 11 is 0. The Morgan fingerprint density at radius 1 is 0.846 bits per heavy atom. The number of carbonyl (C=O) groups excluding carboxylic acids is 1. The van der Waals surface area contributed by atoms with E-state index in [4.69, 9.17) is 5.11 Å². The number of aliphatic hydroxyl groups excluding tert-OH is 1. The first-order valence-corrected chi connectivity index (χ1v) is 12.9. The fraction of sp³-hybridized carbons (Fsp3) is 0.235. The third-order valence-corrected chi connectivity index (χ3v) is 7.55. The van der Waals surface area contributed by atoms with E-state index in [9.17, 15) is 4.79 Å². The van der Waals surface area contributed by atoms with Gasteiger partial charge in [0.15, 0.2) is 5.78 Å². The number of aliphatic hydroxyl groups is 1. The van der Waals surface area contributed by atoms with Gasteiger partial charge in [0, 0.05) is 54.6 Å². The molecule has 2 aliphatic rings. The second-order valence-corrected chi connectivity index (χ2v) is 11.1. The molecule has 1 N–H and O–H groups in total. The molecular formula is C34H33IrN2O2-. The van der Waals surface area contributed by atoms with Gasteiger partial charge in [0.1, 0.15) is 0 Å². The van der Waals surface area contributed by atoms with Crippen LogP contribution in [-0.4, -0.2) is 15.9 Å². The maximum atomic E-state index is 10.0. The molecule has 3 aromatic carbocycles. The Morgan fingerprint density at radius 2 is 1.41 bits per heavy atom. The summed E-state index contributed by atoms with van der Waals surface area (Å²) in [4.78, 5) is 17.1. The molecule has 1 radical (unpaired) electrons.